The molecule has 1 aliphatic heterocycles. The van der Waals surface area contributed by atoms with Gasteiger partial charge in [0.25, 0.3) is 0 Å². The van der Waals surface area contributed by atoms with Gasteiger partial charge in [-0.1, -0.05) is 0 Å². The van der Waals surface area contributed by atoms with Crippen LogP contribution in [-0.4, -0.2) is 41.9 Å². The number of alkyl halides is 3. The molecular weight excluding hydrogens is 237 g/mol. The molecule has 0 spiro atoms. The second-order valence-corrected chi connectivity index (χ2v) is 4.38. The van der Waals surface area contributed by atoms with E-state index < -0.39 is 18.5 Å². The van der Waals surface area contributed by atoms with Crippen LogP contribution in [0.1, 0.15) is 26.7 Å². The van der Waals surface area contributed by atoms with E-state index in [-0.39, 0.29) is 31.3 Å². The average molecular weight is 254 g/mol. The van der Waals surface area contributed by atoms with Gasteiger partial charge < -0.3 is 10.6 Å². The highest BCUT2D eigenvalue weighted by molar-refractivity contribution is 5.81. The van der Waals surface area contributed by atoms with Crippen molar-refractivity contribution < 1.29 is 22.7 Å². The highest BCUT2D eigenvalue weighted by atomic mass is 19.4. The van der Waals surface area contributed by atoms with Gasteiger partial charge in [0.05, 0.1) is 12.1 Å². The van der Waals surface area contributed by atoms with Gasteiger partial charge in [-0.2, -0.15) is 0 Å². The molecule has 1 rings (SSSR count). The first-order valence-electron chi connectivity index (χ1n) is 5.51. The third-order valence-electron chi connectivity index (χ3n) is 2.80. The Balaban J connectivity index is 2.53. The molecule has 0 aromatic rings. The van der Waals surface area contributed by atoms with Crippen LogP contribution in [0.2, 0.25) is 0 Å². The van der Waals surface area contributed by atoms with Gasteiger partial charge in [-0.05, 0) is 26.7 Å². The first-order chi connectivity index (χ1) is 7.70. The van der Waals surface area contributed by atoms with Crippen LogP contribution in [0.5, 0.6) is 0 Å². The largest absolute Gasteiger partial charge is 0.522 e. The summed E-state index contributed by atoms with van der Waals surface area (Å²) in [5.74, 6) is -0.233. The van der Waals surface area contributed by atoms with Gasteiger partial charge in [-0.3, -0.25) is 9.53 Å². The fourth-order valence-corrected chi connectivity index (χ4v) is 2.01. The van der Waals surface area contributed by atoms with Gasteiger partial charge in [-0.15, -0.1) is 13.2 Å². The van der Waals surface area contributed by atoms with E-state index in [2.05, 4.69) is 4.74 Å². The lowest BCUT2D eigenvalue weighted by molar-refractivity contribution is -0.346. The van der Waals surface area contributed by atoms with Crippen molar-refractivity contribution in [3.63, 3.8) is 0 Å². The summed E-state index contributed by atoms with van der Waals surface area (Å²) in [7, 11) is 0. The molecule has 1 fully saturated rings. The number of amides is 1. The van der Waals surface area contributed by atoms with Crippen LogP contribution in [0.3, 0.4) is 0 Å². The lowest BCUT2D eigenvalue weighted by Crippen LogP contribution is -2.52. The van der Waals surface area contributed by atoms with Gasteiger partial charge in [0.1, 0.15) is 0 Å². The molecule has 0 unspecified atom stereocenters. The summed E-state index contributed by atoms with van der Waals surface area (Å²) in [4.78, 5) is 13.2. The summed E-state index contributed by atoms with van der Waals surface area (Å²) in [6, 6.07) is -0.910. The standard InChI is InChI=1S/C10H17F3N2O2/c1-6-5-8(17-10(11,12)13)3-4-15(6)9(16)7(2)14/h6-8H,3-5,14H2,1-2H3/t6-,7+,8-/m0/s1. The molecule has 1 aliphatic rings. The Morgan fingerprint density at radius 1 is 1.53 bits per heavy atom. The molecule has 1 amide bonds. The molecule has 0 saturated carbocycles. The Kier molecular flexibility index (Phi) is 4.37. The molecule has 3 atom stereocenters. The molecule has 4 nitrogen and oxygen atoms in total. The second kappa shape index (κ2) is 5.22. The number of ether oxygens (including phenoxy) is 1. The van der Waals surface area contributed by atoms with Crippen molar-refractivity contribution in [2.45, 2.75) is 51.2 Å². The van der Waals surface area contributed by atoms with Gasteiger partial charge >= 0.3 is 6.36 Å². The molecule has 1 heterocycles. The van der Waals surface area contributed by atoms with Crippen LogP contribution in [0.15, 0.2) is 0 Å². The maximum Gasteiger partial charge on any atom is 0.522 e. The summed E-state index contributed by atoms with van der Waals surface area (Å²) in [6.45, 7) is 3.52. The second-order valence-electron chi connectivity index (χ2n) is 4.38. The van der Waals surface area contributed by atoms with Crippen LogP contribution in [-0.2, 0) is 9.53 Å². The number of nitrogens with zero attached hydrogens (tertiary/aromatic N) is 1. The van der Waals surface area contributed by atoms with E-state index in [1.165, 1.54) is 4.90 Å². The van der Waals surface area contributed by atoms with Crippen molar-refractivity contribution in [3.8, 4) is 0 Å². The fourth-order valence-electron chi connectivity index (χ4n) is 2.01. The average Bonchev–Trinajstić information content (AvgIpc) is 2.14. The normalized spacial score (nSPS) is 28.0. The van der Waals surface area contributed by atoms with Crippen molar-refractivity contribution in [1.82, 2.24) is 4.90 Å². The van der Waals surface area contributed by atoms with Crippen LogP contribution in [0, 0.1) is 0 Å². The number of hydrogen-bond donors (Lipinski definition) is 1. The Hall–Kier alpha value is -0.820. The molecule has 0 bridgehead atoms. The third-order valence-corrected chi connectivity index (χ3v) is 2.80. The zero-order valence-electron chi connectivity index (χ0n) is 9.83. The Labute approximate surface area is 97.9 Å². The summed E-state index contributed by atoms with van der Waals surface area (Å²) in [5.41, 5.74) is 5.46. The molecule has 7 heteroatoms. The molecule has 2 N–H and O–H groups in total. The maximum absolute atomic E-state index is 12.0. The Bertz CT molecular complexity index is 281. The fraction of sp³-hybridized carbons (Fsp3) is 0.900. The third kappa shape index (κ3) is 4.16. The Morgan fingerprint density at radius 2 is 2.12 bits per heavy atom. The minimum atomic E-state index is -4.61. The number of rotatable bonds is 2. The van der Waals surface area contributed by atoms with E-state index in [4.69, 9.17) is 5.73 Å². The topological polar surface area (TPSA) is 55.6 Å². The maximum atomic E-state index is 12.0. The van der Waals surface area contributed by atoms with E-state index in [0.717, 1.165) is 0 Å². The number of halogens is 3. The number of piperidine rings is 1. The molecule has 1 saturated heterocycles. The SMILES string of the molecule is C[C@@H](N)C(=O)N1CC[C@H](OC(F)(F)F)C[C@@H]1C. The van der Waals surface area contributed by atoms with Crippen molar-refractivity contribution in [1.29, 1.82) is 0 Å². The predicted octanol–water partition coefficient (Wildman–Crippen LogP) is 1.25. The zero-order valence-corrected chi connectivity index (χ0v) is 9.83. The lowest BCUT2D eigenvalue weighted by atomic mass is 10.00. The molecule has 17 heavy (non-hydrogen) atoms. The quantitative estimate of drug-likeness (QED) is 0.807. The van der Waals surface area contributed by atoms with E-state index in [1.54, 1.807) is 13.8 Å². The van der Waals surface area contributed by atoms with Crippen molar-refractivity contribution in [3.05, 3.63) is 0 Å². The van der Waals surface area contributed by atoms with Crippen molar-refractivity contribution in [2.24, 2.45) is 5.73 Å². The first-order valence-corrected chi connectivity index (χ1v) is 5.51. The minimum Gasteiger partial charge on any atom is -0.338 e. The molecule has 0 aromatic carbocycles. The lowest BCUT2D eigenvalue weighted by Gasteiger charge is -2.38. The number of likely N-dealkylation sites (tertiary alicyclic amines) is 1. The Morgan fingerprint density at radius 3 is 2.53 bits per heavy atom. The van der Waals surface area contributed by atoms with E-state index >= 15 is 0 Å². The highest BCUT2D eigenvalue weighted by Gasteiger charge is 2.38. The van der Waals surface area contributed by atoms with Gasteiger partial charge in [0.2, 0.25) is 5.91 Å². The summed E-state index contributed by atoms with van der Waals surface area (Å²) in [6.07, 6.45) is -5.13. The van der Waals surface area contributed by atoms with E-state index in [1.807, 2.05) is 0 Å². The number of hydrogen-bond acceptors (Lipinski definition) is 3. The van der Waals surface area contributed by atoms with Crippen LogP contribution < -0.4 is 5.73 Å². The van der Waals surface area contributed by atoms with Crippen molar-refractivity contribution in [2.75, 3.05) is 6.54 Å². The van der Waals surface area contributed by atoms with Crippen LogP contribution >= 0.6 is 0 Å². The minimum absolute atomic E-state index is 0.179. The molecule has 0 aromatic heterocycles. The van der Waals surface area contributed by atoms with Crippen LogP contribution in [0.4, 0.5) is 13.2 Å². The highest BCUT2D eigenvalue weighted by Crippen LogP contribution is 2.27. The summed E-state index contributed by atoms with van der Waals surface area (Å²) >= 11 is 0. The van der Waals surface area contributed by atoms with Gasteiger partial charge in [-0.25, -0.2) is 0 Å². The first kappa shape index (κ1) is 14.2. The number of nitrogens with two attached hydrogens (primary N) is 1. The van der Waals surface area contributed by atoms with Gasteiger partial charge in [0, 0.05) is 12.6 Å². The zero-order chi connectivity index (χ0) is 13.2. The molecule has 0 radical (unpaired) electrons. The van der Waals surface area contributed by atoms with E-state index in [9.17, 15) is 18.0 Å². The van der Waals surface area contributed by atoms with Gasteiger partial charge in [0.15, 0.2) is 0 Å². The predicted molar refractivity (Wildman–Crippen MR) is 55.0 cm³/mol. The smallest absolute Gasteiger partial charge is 0.338 e. The monoisotopic (exact) mass is 254 g/mol. The summed E-state index contributed by atoms with van der Waals surface area (Å²) in [5, 5.41) is 0. The molecular formula is C10H17F3N2O2. The van der Waals surface area contributed by atoms with Crippen molar-refractivity contribution >= 4 is 5.91 Å². The molecule has 100 valence electrons. The van der Waals surface area contributed by atoms with E-state index in [0.29, 0.717) is 0 Å². The van der Waals surface area contributed by atoms with Crippen LogP contribution in [0.25, 0.3) is 0 Å². The number of carbonyl (C=O) groups is 1. The molecule has 0 aliphatic carbocycles. The summed E-state index contributed by atoms with van der Waals surface area (Å²) < 4.78 is 40.1. The number of carbonyl (C=O) groups excluding carboxylic acids is 1.